The molecule has 4 heteroatoms. The Hall–Kier alpha value is -6.23. The van der Waals surface area contributed by atoms with Crippen LogP contribution in [0.15, 0.2) is 176 Å². The van der Waals surface area contributed by atoms with E-state index in [9.17, 15) is 5.48 Å². The van der Waals surface area contributed by atoms with Gasteiger partial charge in [-0.2, -0.15) is 0 Å². The van der Waals surface area contributed by atoms with Gasteiger partial charge in [0, 0.05) is 36.9 Å². The first-order chi connectivity index (χ1) is 28.8. The standard InChI is InChI=1S/C45H29N3S/c1-3-10-30(11-4-1)32-18-24-35(25-19-32)43-46-44(36-26-20-33(21-27-36)31-12-5-2-6-13-31)48-45(47-43)37-28-22-34(23-29-37)38-15-9-16-40-39-14-7-8-17-41(39)49-42(38)40/h1-29H/i7D,8D,9D,14D,15D,16D,17D,22D,23D,28D,29D. The van der Waals surface area contributed by atoms with Gasteiger partial charge in [-0.05, 0) is 39.4 Å². The second-order valence-corrected chi connectivity index (χ2v) is 12.2. The third kappa shape index (κ3) is 5.58. The zero-order chi connectivity index (χ0) is 42.1. The average molecular weight is 655 g/mol. The highest BCUT2D eigenvalue weighted by molar-refractivity contribution is 7.26. The van der Waals surface area contributed by atoms with Crippen LogP contribution in [0.5, 0.6) is 0 Å². The SMILES string of the molecule is [2H]c1c([2H])c(-c2c([2H])c([2H])c([2H])c3c2sc2c([2H])c([2H])c([2H])c([2H])c23)c([2H])c([2H])c1-c1nc(-c2ccc(-c3ccccc3)cc2)nc(-c2ccc(-c3ccccc3)cc2)n1. The van der Waals surface area contributed by atoms with Crippen molar-refractivity contribution in [1.29, 1.82) is 0 Å². The van der Waals surface area contributed by atoms with Crippen molar-refractivity contribution in [2.45, 2.75) is 0 Å². The molecule has 0 atom stereocenters. The van der Waals surface area contributed by atoms with Crippen LogP contribution in [-0.4, -0.2) is 15.0 Å². The van der Waals surface area contributed by atoms with E-state index in [-0.39, 0.29) is 60.4 Å². The second-order valence-electron chi connectivity index (χ2n) is 11.2. The zero-order valence-corrected chi connectivity index (χ0v) is 26.5. The number of fused-ring (bicyclic) bond motifs is 3. The number of aromatic nitrogens is 3. The van der Waals surface area contributed by atoms with Gasteiger partial charge in [-0.3, -0.25) is 0 Å². The molecule has 0 radical (unpaired) electrons. The maximum absolute atomic E-state index is 9.32. The molecule has 0 spiro atoms. The summed E-state index contributed by atoms with van der Waals surface area (Å²) in [6, 6.07) is 29.4. The molecule has 3 nitrogen and oxygen atoms in total. The molecule has 9 aromatic rings. The Bertz CT molecular complexity index is 3060. The maximum atomic E-state index is 9.32. The fraction of sp³-hybridized carbons (Fsp3) is 0. The van der Waals surface area contributed by atoms with Gasteiger partial charge < -0.3 is 0 Å². The molecule has 0 fully saturated rings. The molecule has 0 amide bonds. The van der Waals surface area contributed by atoms with Crippen LogP contribution in [0.4, 0.5) is 0 Å². The molecule has 0 N–H and O–H groups in total. The molecule has 0 saturated heterocycles. The molecule has 9 rings (SSSR count). The summed E-state index contributed by atoms with van der Waals surface area (Å²) in [7, 11) is 0. The van der Waals surface area contributed by atoms with Crippen molar-refractivity contribution in [3.05, 3.63) is 176 Å². The van der Waals surface area contributed by atoms with Crippen molar-refractivity contribution in [3.63, 3.8) is 0 Å². The van der Waals surface area contributed by atoms with Crippen molar-refractivity contribution < 1.29 is 15.1 Å². The number of nitrogens with zero attached hydrogens (tertiary/aromatic N) is 3. The average Bonchev–Trinajstić information content (AvgIpc) is 3.69. The number of hydrogen-bond donors (Lipinski definition) is 0. The van der Waals surface area contributed by atoms with E-state index in [0.29, 0.717) is 11.1 Å². The Morgan fingerprint density at radius 2 is 0.816 bits per heavy atom. The number of thiophene rings is 1. The number of benzene rings is 7. The minimum Gasteiger partial charge on any atom is -0.208 e. The molecular weight excluding hydrogens is 615 g/mol. The lowest BCUT2D eigenvalue weighted by Crippen LogP contribution is -2.00. The van der Waals surface area contributed by atoms with Gasteiger partial charge >= 0.3 is 0 Å². The maximum Gasteiger partial charge on any atom is 0.164 e. The lowest BCUT2D eigenvalue weighted by atomic mass is 10.0. The van der Waals surface area contributed by atoms with Crippen LogP contribution in [0.1, 0.15) is 15.1 Å². The van der Waals surface area contributed by atoms with Crippen LogP contribution < -0.4 is 0 Å². The smallest absolute Gasteiger partial charge is 0.164 e. The summed E-state index contributed by atoms with van der Waals surface area (Å²) in [5, 5.41) is -0.0336. The fourth-order valence-corrected chi connectivity index (χ4v) is 6.76. The molecule has 49 heavy (non-hydrogen) atoms. The second kappa shape index (κ2) is 12.4. The molecule has 2 aromatic heterocycles. The summed E-state index contributed by atoms with van der Waals surface area (Å²) in [4.78, 5) is 14.3. The van der Waals surface area contributed by atoms with Crippen LogP contribution in [0.3, 0.4) is 0 Å². The molecule has 0 aliphatic rings. The van der Waals surface area contributed by atoms with E-state index in [4.69, 9.17) is 24.5 Å². The summed E-state index contributed by atoms with van der Waals surface area (Å²) >= 11 is 0.855. The van der Waals surface area contributed by atoms with Gasteiger partial charge in [-0.1, -0.05) is 170 Å². The van der Waals surface area contributed by atoms with Crippen LogP contribution in [0, 0.1) is 0 Å². The first kappa shape index (κ1) is 19.6. The van der Waals surface area contributed by atoms with E-state index in [0.717, 1.165) is 33.6 Å². The van der Waals surface area contributed by atoms with Gasteiger partial charge in [0.15, 0.2) is 17.5 Å². The molecular formula is C45H29N3S. The fourth-order valence-electron chi connectivity index (χ4n) is 5.68. The van der Waals surface area contributed by atoms with E-state index in [2.05, 4.69) is 0 Å². The van der Waals surface area contributed by atoms with E-state index in [1.165, 1.54) is 0 Å². The first-order valence-electron chi connectivity index (χ1n) is 21.0. The third-order valence-electron chi connectivity index (χ3n) is 8.17. The quantitative estimate of drug-likeness (QED) is 0.179. The molecule has 0 bridgehead atoms. The predicted octanol–water partition coefficient (Wildman–Crippen LogP) is 12.2. The Balaban J connectivity index is 1.25. The lowest BCUT2D eigenvalue weighted by molar-refractivity contribution is 1.07. The molecule has 0 unspecified atom stereocenters. The van der Waals surface area contributed by atoms with E-state index >= 15 is 0 Å². The van der Waals surface area contributed by atoms with Crippen LogP contribution in [0.25, 0.3) is 87.7 Å². The minimum atomic E-state index is -0.589. The van der Waals surface area contributed by atoms with Gasteiger partial charge in [-0.15, -0.1) is 11.3 Å². The molecule has 2 heterocycles. The summed E-state index contributed by atoms with van der Waals surface area (Å²) in [6.45, 7) is 0. The van der Waals surface area contributed by atoms with Crippen molar-refractivity contribution in [1.82, 2.24) is 15.0 Å². The largest absolute Gasteiger partial charge is 0.208 e. The molecule has 0 aliphatic heterocycles. The van der Waals surface area contributed by atoms with Crippen LogP contribution in [0.2, 0.25) is 0 Å². The molecule has 230 valence electrons. The zero-order valence-electron chi connectivity index (χ0n) is 36.6. The summed E-state index contributed by atoms with van der Waals surface area (Å²) in [5.41, 5.74) is 4.49. The predicted molar refractivity (Wildman–Crippen MR) is 205 cm³/mol. The van der Waals surface area contributed by atoms with Gasteiger partial charge in [-0.25, -0.2) is 15.0 Å². The van der Waals surface area contributed by atoms with Gasteiger partial charge in [0.2, 0.25) is 0 Å². The highest BCUT2D eigenvalue weighted by Gasteiger charge is 2.15. The summed E-state index contributed by atoms with van der Waals surface area (Å²) < 4.78 is 97.5. The van der Waals surface area contributed by atoms with Crippen molar-refractivity contribution >= 4 is 31.5 Å². The molecule has 7 aromatic carbocycles. The first-order valence-corrected chi connectivity index (χ1v) is 16.3. The van der Waals surface area contributed by atoms with Crippen LogP contribution >= 0.6 is 11.3 Å². The lowest BCUT2D eigenvalue weighted by Gasteiger charge is -2.10. The summed E-state index contributed by atoms with van der Waals surface area (Å²) in [5.74, 6) is 0.336. The normalized spacial score (nSPS) is 14.4. The summed E-state index contributed by atoms with van der Waals surface area (Å²) in [6.07, 6.45) is 0. The Labute approximate surface area is 304 Å². The van der Waals surface area contributed by atoms with E-state index in [1.54, 1.807) is 0 Å². The highest BCUT2D eigenvalue weighted by Crippen LogP contribution is 2.40. The Morgan fingerprint density at radius 3 is 1.39 bits per heavy atom. The van der Waals surface area contributed by atoms with Crippen molar-refractivity contribution in [2.24, 2.45) is 0 Å². The topological polar surface area (TPSA) is 38.7 Å². The monoisotopic (exact) mass is 654 g/mol. The van der Waals surface area contributed by atoms with Crippen molar-refractivity contribution in [3.8, 4) is 67.5 Å². The number of rotatable bonds is 6. The minimum absolute atomic E-state index is 0.00790. The van der Waals surface area contributed by atoms with E-state index in [1.807, 2.05) is 109 Å². The van der Waals surface area contributed by atoms with E-state index < -0.39 is 60.4 Å². The molecule has 0 aliphatic carbocycles. The Morgan fingerprint density at radius 1 is 0.367 bits per heavy atom. The molecule has 0 saturated carbocycles. The van der Waals surface area contributed by atoms with Crippen LogP contribution in [-0.2, 0) is 0 Å². The highest BCUT2D eigenvalue weighted by atomic mass is 32.1. The number of hydrogen-bond acceptors (Lipinski definition) is 4. The van der Waals surface area contributed by atoms with Gasteiger partial charge in [0.25, 0.3) is 0 Å². The van der Waals surface area contributed by atoms with Gasteiger partial charge in [0.1, 0.15) is 0 Å². The van der Waals surface area contributed by atoms with Crippen molar-refractivity contribution in [2.75, 3.05) is 0 Å². The third-order valence-corrected chi connectivity index (χ3v) is 9.29. The Kier molecular flexibility index (Phi) is 4.96. The van der Waals surface area contributed by atoms with Gasteiger partial charge in [0.05, 0.1) is 15.1 Å².